The number of halogens is 1. The Morgan fingerprint density at radius 3 is 2.46 bits per heavy atom. The lowest BCUT2D eigenvalue weighted by molar-refractivity contribution is -0.138. The second kappa shape index (κ2) is 9.41. The summed E-state index contributed by atoms with van der Waals surface area (Å²) in [5.74, 6) is 0.278. The van der Waals surface area contributed by atoms with Crippen LogP contribution in [0.5, 0.6) is 0 Å². The minimum absolute atomic E-state index is 0.125. The molecule has 5 nitrogen and oxygen atoms in total. The van der Waals surface area contributed by atoms with Gasteiger partial charge < -0.3 is 9.47 Å². The average Bonchev–Trinajstić information content (AvgIpc) is 3.47. The number of fused-ring (bicyclic) bond motifs is 1. The van der Waals surface area contributed by atoms with E-state index in [0.717, 1.165) is 61.5 Å². The molecule has 7 heteroatoms. The number of rotatable bonds is 5. The molecule has 1 aliphatic carbocycles. The average molecular weight is 497 g/mol. The third-order valence-corrected chi connectivity index (χ3v) is 9.62. The van der Waals surface area contributed by atoms with Gasteiger partial charge in [-0.05, 0) is 86.1 Å². The fourth-order valence-electron chi connectivity index (χ4n) is 6.02. The summed E-state index contributed by atoms with van der Waals surface area (Å²) in [6.07, 6.45) is 8.37. The molecule has 1 aliphatic heterocycles. The van der Waals surface area contributed by atoms with Crippen molar-refractivity contribution < 1.29 is 17.6 Å². The summed E-state index contributed by atoms with van der Waals surface area (Å²) in [4.78, 5) is 15.2. The Balaban J connectivity index is 1.38. The van der Waals surface area contributed by atoms with Gasteiger partial charge in [0.25, 0.3) is 0 Å². The second-order valence-electron chi connectivity index (χ2n) is 10.3. The molecule has 1 amide bonds. The van der Waals surface area contributed by atoms with Gasteiger partial charge in [-0.2, -0.15) is 0 Å². The van der Waals surface area contributed by atoms with E-state index in [1.807, 2.05) is 25.2 Å². The van der Waals surface area contributed by atoms with Gasteiger partial charge in [0.05, 0.1) is 10.6 Å². The maximum atomic E-state index is 13.3. The van der Waals surface area contributed by atoms with Crippen LogP contribution >= 0.6 is 0 Å². The zero-order valence-electron chi connectivity index (χ0n) is 20.4. The van der Waals surface area contributed by atoms with E-state index >= 15 is 0 Å². The number of aryl methyl sites for hydroxylation is 1. The summed E-state index contributed by atoms with van der Waals surface area (Å²) < 4.78 is 41.2. The number of likely N-dealkylation sites (tertiary alicyclic amines) is 1. The van der Waals surface area contributed by atoms with Crippen LogP contribution in [0, 0.1) is 11.7 Å². The number of carbonyl (C=O) groups is 1. The molecule has 35 heavy (non-hydrogen) atoms. The van der Waals surface area contributed by atoms with Crippen molar-refractivity contribution in [2.75, 3.05) is 6.54 Å². The number of aromatic nitrogens is 1. The lowest BCUT2D eigenvalue weighted by Gasteiger charge is -2.39. The number of piperidine rings is 1. The normalized spacial score (nSPS) is 21.6. The quantitative estimate of drug-likeness (QED) is 0.434. The molecule has 0 bridgehead atoms. The zero-order valence-corrected chi connectivity index (χ0v) is 21.2. The van der Waals surface area contributed by atoms with Crippen molar-refractivity contribution in [1.82, 2.24) is 9.47 Å². The van der Waals surface area contributed by atoms with Gasteiger partial charge in [0.1, 0.15) is 5.82 Å². The molecule has 0 spiro atoms. The maximum absolute atomic E-state index is 13.3. The number of hydrogen-bond acceptors (Lipinski definition) is 3. The van der Waals surface area contributed by atoms with Gasteiger partial charge in [0.15, 0.2) is 9.84 Å². The molecule has 2 aromatic carbocycles. The smallest absolute Gasteiger partial charge is 0.225 e. The highest BCUT2D eigenvalue weighted by Crippen LogP contribution is 2.38. The molecule has 2 atom stereocenters. The van der Waals surface area contributed by atoms with Crippen LogP contribution in [0.25, 0.3) is 10.9 Å². The van der Waals surface area contributed by atoms with E-state index in [4.69, 9.17) is 0 Å². The molecule has 1 aromatic heterocycles. The van der Waals surface area contributed by atoms with Crippen molar-refractivity contribution in [2.24, 2.45) is 13.0 Å². The van der Waals surface area contributed by atoms with Crippen molar-refractivity contribution >= 4 is 26.6 Å². The number of nitrogens with zero attached hydrogens (tertiary/aromatic N) is 2. The zero-order chi connectivity index (χ0) is 24.7. The minimum atomic E-state index is -3.58. The Bertz CT molecular complexity index is 1340. The third kappa shape index (κ3) is 4.75. The predicted molar refractivity (Wildman–Crippen MR) is 135 cm³/mol. The van der Waals surface area contributed by atoms with Gasteiger partial charge >= 0.3 is 0 Å². The first-order valence-electron chi connectivity index (χ1n) is 12.6. The van der Waals surface area contributed by atoms with Crippen LogP contribution in [0.1, 0.15) is 62.5 Å². The topological polar surface area (TPSA) is 59.4 Å². The van der Waals surface area contributed by atoms with Gasteiger partial charge in [-0.1, -0.05) is 18.9 Å². The molecule has 1 saturated heterocycles. The Hall–Kier alpha value is -2.67. The van der Waals surface area contributed by atoms with E-state index in [1.165, 1.54) is 29.8 Å². The van der Waals surface area contributed by atoms with Gasteiger partial charge in [-0.3, -0.25) is 4.79 Å². The van der Waals surface area contributed by atoms with Crippen LogP contribution in [0.2, 0.25) is 0 Å². The monoisotopic (exact) mass is 496 g/mol. The highest BCUT2D eigenvalue weighted by molar-refractivity contribution is 7.90. The summed E-state index contributed by atoms with van der Waals surface area (Å²) in [6, 6.07) is 11.0. The van der Waals surface area contributed by atoms with E-state index in [9.17, 15) is 17.6 Å². The molecule has 2 heterocycles. The molecule has 2 fully saturated rings. The molecule has 0 unspecified atom stereocenters. The Morgan fingerprint density at radius 1 is 1.06 bits per heavy atom. The molecular formula is C28H33FN2O3S. The standard InChI is InChI=1S/C28H33FN2O3S/c1-19-15-22(13-14-31(19)28(32)21-5-3-4-6-21)26-17-30(2)27-12-7-20(16-25(26)27)18-35(33,34)24-10-8-23(29)9-11-24/h7-12,16-17,19,21-22H,3-6,13-15,18H2,1-2H3/t19-,22-/m0/s1. The van der Waals surface area contributed by atoms with Gasteiger partial charge in [-0.15, -0.1) is 0 Å². The van der Waals surface area contributed by atoms with E-state index < -0.39 is 15.7 Å². The van der Waals surface area contributed by atoms with Crippen LogP contribution in [0.3, 0.4) is 0 Å². The van der Waals surface area contributed by atoms with Crippen molar-refractivity contribution in [3.8, 4) is 0 Å². The predicted octanol–water partition coefficient (Wildman–Crippen LogP) is 5.58. The van der Waals surface area contributed by atoms with E-state index in [0.29, 0.717) is 11.8 Å². The second-order valence-corrected chi connectivity index (χ2v) is 12.3. The highest BCUT2D eigenvalue weighted by atomic mass is 32.2. The summed E-state index contributed by atoms with van der Waals surface area (Å²) >= 11 is 0. The first-order valence-corrected chi connectivity index (χ1v) is 14.2. The van der Waals surface area contributed by atoms with Crippen LogP contribution in [0.15, 0.2) is 53.6 Å². The largest absolute Gasteiger partial charge is 0.350 e. The first-order chi connectivity index (χ1) is 16.7. The number of sulfone groups is 1. The molecular weight excluding hydrogens is 463 g/mol. The van der Waals surface area contributed by atoms with Crippen molar-refractivity contribution in [3.63, 3.8) is 0 Å². The van der Waals surface area contributed by atoms with E-state index in [1.54, 1.807) is 0 Å². The Labute approximate surface area is 206 Å². The lowest BCUT2D eigenvalue weighted by Crippen LogP contribution is -2.46. The highest BCUT2D eigenvalue weighted by Gasteiger charge is 2.35. The van der Waals surface area contributed by atoms with Crippen molar-refractivity contribution in [2.45, 2.75) is 68.1 Å². The lowest BCUT2D eigenvalue weighted by atomic mass is 9.85. The fraction of sp³-hybridized carbons (Fsp3) is 0.464. The molecule has 0 N–H and O–H groups in total. The maximum Gasteiger partial charge on any atom is 0.225 e. The summed E-state index contributed by atoms with van der Waals surface area (Å²) in [5.41, 5.74) is 3.01. The molecule has 0 radical (unpaired) electrons. The van der Waals surface area contributed by atoms with Crippen LogP contribution in [0.4, 0.5) is 4.39 Å². The van der Waals surface area contributed by atoms with Gasteiger partial charge in [0, 0.05) is 42.7 Å². The number of benzene rings is 2. The number of carbonyl (C=O) groups excluding carboxylic acids is 1. The summed E-state index contributed by atoms with van der Waals surface area (Å²) in [6.45, 7) is 2.93. The van der Waals surface area contributed by atoms with Crippen LogP contribution in [-0.4, -0.2) is 36.4 Å². The van der Waals surface area contributed by atoms with Crippen LogP contribution < -0.4 is 0 Å². The number of amides is 1. The van der Waals surface area contributed by atoms with E-state index in [-0.39, 0.29) is 22.6 Å². The first kappa shape index (κ1) is 24.0. The summed E-state index contributed by atoms with van der Waals surface area (Å²) in [7, 11) is -1.56. The molecule has 1 saturated carbocycles. The SMILES string of the molecule is C[C@H]1C[C@@H](c2cn(C)c3ccc(CS(=O)(=O)c4ccc(F)cc4)cc23)CCN1C(=O)C1CCCC1. The Morgan fingerprint density at radius 2 is 1.77 bits per heavy atom. The Kier molecular flexibility index (Phi) is 6.47. The molecule has 2 aliphatic rings. The molecule has 5 rings (SSSR count). The van der Waals surface area contributed by atoms with Gasteiger partial charge in [-0.25, -0.2) is 12.8 Å². The number of hydrogen-bond donors (Lipinski definition) is 0. The van der Waals surface area contributed by atoms with Gasteiger partial charge in [0.2, 0.25) is 5.91 Å². The van der Waals surface area contributed by atoms with E-state index in [2.05, 4.69) is 22.6 Å². The summed E-state index contributed by atoms with van der Waals surface area (Å²) in [5, 5.41) is 1.08. The molecule has 3 aromatic rings. The molecule has 186 valence electrons. The van der Waals surface area contributed by atoms with Crippen LogP contribution in [-0.2, 0) is 27.4 Å². The minimum Gasteiger partial charge on any atom is -0.350 e. The third-order valence-electron chi connectivity index (χ3n) is 7.92. The fourth-order valence-corrected chi connectivity index (χ4v) is 7.35. The van der Waals surface area contributed by atoms with Crippen molar-refractivity contribution in [3.05, 3.63) is 65.6 Å². The van der Waals surface area contributed by atoms with Crippen molar-refractivity contribution in [1.29, 1.82) is 0 Å².